The topological polar surface area (TPSA) is 90.6 Å². The zero-order valence-electron chi connectivity index (χ0n) is 17.2. The summed E-state index contributed by atoms with van der Waals surface area (Å²) in [6.45, 7) is 6.30. The number of carbonyl (C=O) groups excluding carboxylic acids is 1. The van der Waals surface area contributed by atoms with Gasteiger partial charge in [0.05, 0.1) is 11.5 Å². The number of thioether (sulfide) groups is 1. The van der Waals surface area contributed by atoms with E-state index in [0.29, 0.717) is 34.0 Å². The Morgan fingerprint density at radius 3 is 2.84 bits per heavy atom. The highest BCUT2D eigenvalue weighted by Crippen LogP contribution is 2.32. The molecule has 0 spiro atoms. The number of carbonyl (C=O) groups is 1. The SMILES string of the molecule is C=CCn1c(SC(C)C(=O)N/N=C/c2ccc3c(c2)OCO3)nnc1-c1ccc(Cl)cc1. The summed E-state index contributed by atoms with van der Waals surface area (Å²) in [7, 11) is 0. The molecule has 0 saturated carbocycles. The molecule has 2 aromatic carbocycles. The number of aromatic nitrogens is 3. The van der Waals surface area contributed by atoms with Crippen molar-refractivity contribution >= 4 is 35.5 Å². The number of nitrogens with zero attached hydrogens (tertiary/aromatic N) is 4. The Morgan fingerprint density at radius 1 is 1.28 bits per heavy atom. The lowest BCUT2D eigenvalue weighted by Gasteiger charge is -2.11. The lowest BCUT2D eigenvalue weighted by molar-refractivity contribution is -0.120. The van der Waals surface area contributed by atoms with E-state index in [2.05, 4.69) is 27.3 Å². The van der Waals surface area contributed by atoms with Gasteiger partial charge in [0.25, 0.3) is 5.91 Å². The van der Waals surface area contributed by atoms with Gasteiger partial charge in [-0.05, 0) is 55.0 Å². The maximum atomic E-state index is 12.5. The summed E-state index contributed by atoms with van der Waals surface area (Å²) in [5.41, 5.74) is 4.22. The lowest BCUT2D eigenvalue weighted by Crippen LogP contribution is -2.27. The van der Waals surface area contributed by atoms with Gasteiger partial charge in [-0.1, -0.05) is 29.4 Å². The molecule has 0 bridgehead atoms. The zero-order chi connectivity index (χ0) is 22.5. The van der Waals surface area contributed by atoms with Crippen LogP contribution in [0.1, 0.15) is 12.5 Å². The van der Waals surface area contributed by atoms with Crippen molar-refractivity contribution in [2.24, 2.45) is 5.10 Å². The minimum absolute atomic E-state index is 0.206. The summed E-state index contributed by atoms with van der Waals surface area (Å²) in [6.07, 6.45) is 3.31. The number of allylic oxidation sites excluding steroid dienone is 1. The number of hydrogen-bond acceptors (Lipinski definition) is 7. The first-order valence-electron chi connectivity index (χ1n) is 9.74. The average Bonchev–Trinajstić information content (AvgIpc) is 3.41. The third kappa shape index (κ3) is 4.95. The predicted octanol–water partition coefficient (Wildman–Crippen LogP) is 4.14. The van der Waals surface area contributed by atoms with Crippen LogP contribution in [-0.4, -0.2) is 38.9 Å². The van der Waals surface area contributed by atoms with Crippen LogP contribution in [0.5, 0.6) is 11.5 Å². The highest BCUT2D eigenvalue weighted by Gasteiger charge is 2.20. The van der Waals surface area contributed by atoms with Crippen LogP contribution >= 0.6 is 23.4 Å². The van der Waals surface area contributed by atoms with Gasteiger partial charge in [-0.25, -0.2) is 5.43 Å². The van der Waals surface area contributed by atoms with Crippen molar-refractivity contribution in [2.45, 2.75) is 23.9 Å². The summed E-state index contributed by atoms with van der Waals surface area (Å²) >= 11 is 7.28. The quantitative estimate of drug-likeness (QED) is 0.231. The smallest absolute Gasteiger partial charge is 0.253 e. The Balaban J connectivity index is 1.41. The van der Waals surface area contributed by atoms with E-state index in [0.717, 1.165) is 11.1 Å². The maximum Gasteiger partial charge on any atom is 0.253 e. The standard InChI is InChI=1S/C22H20ClN5O3S/c1-3-10-28-20(16-5-7-17(23)8-6-16)25-27-22(28)32-14(2)21(29)26-24-12-15-4-9-18-19(11-15)31-13-30-18/h3-9,11-12,14H,1,10,13H2,2H3,(H,26,29)/b24-12+. The number of nitrogens with one attached hydrogen (secondary N) is 1. The summed E-state index contributed by atoms with van der Waals surface area (Å²) in [4.78, 5) is 12.5. The number of hydrazone groups is 1. The van der Waals surface area contributed by atoms with Gasteiger partial charge in [0.15, 0.2) is 22.5 Å². The number of rotatable bonds is 8. The number of hydrogen-bond donors (Lipinski definition) is 1. The molecule has 0 aliphatic carbocycles. The molecule has 32 heavy (non-hydrogen) atoms. The van der Waals surface area contributed by atoms with Gasteiger partial charge in [-0.2, -0.15) is 5.10 Å². The second kappa shape index (κ2) is 9.88. The van der Waals surface area contributed by atoms with Crippen LogP contribution in [-0.2, 0) is 11.3 Å². The van der Waals surface area contributed by atoms with Gasteiger partial charge in [0.2, 0.25) is 6.79 Å². The van der Waals surface area contributed by atoms with Crippen molar-refractivity contribution in [1.82, 2.24) is 20.2 Å². The van der Waals surface area contributed by atoms with Crippen molar-refractivity contribution in [2.75, 3.05) is 6.79 Å². The third-order valence-corrected chi connectivity index (χ3v) is 5.90. The van der Waals surface area contributed by atoms with Gasteiger partial charge in [0.1, 0.15) is 0 Å². The zero-order valence-corrected chi connectivity index (χ0v) is 18.8. The van der Waals surface area contributed by atoms with Gasteiger partial charge >= 0.3 is 0 Å². The van der Waals surface area contributed by atoms with Crippen LogP contribution in [0.2, 0.25) is 5.02 Å². The molecule has 2 heterocycles. The molecule has 1 atom stereocenters. The van der Waals surface area contributed by atoms with E-state index in [9.17, 15) is 4.79 Å². The largest absolute Gasteiger partial charge is 0.454 e. The van der Waals surface area contributed by atoms with Crippen LogP contribution in [0.3, 0.4) is 0 Å². The number of amides is 1. The van der Waals surface area contributed by atoms with Gasteiger partial charge in [-0.3, -0.25) is 9.36 Å². The lowest BCUT2D eigenvalue weighted by atomic mass is 10.2. The molecule has 0 fully saturated rings. The summed E-state index contributed by atoms with van der Waals surface area (Å²) in [6, 6.07) is 12.8. The Labute approximate surface area is 194 Å². The monoisotopic (exact) mass is 469 g/mol. The molecule has 10 heteroatoms. The van der Waals surface area contributed by atoms with Crippen molar-refractivity contribution in [3.8, 4) is 22.9 Å². The Hall–Kier alpha value is -3.30. The average molecular weight is 470 g/mol. The molecular formula is C22H20ClN5O3S. The molecule has 1 amide bonds. The van der Waals surface area contributed by atoms with E-state index < -0.39 is 5.25 Å². The van der Waals surface area contributed by atoms with E-state index in [-0.39, 0.29) is 12.7 Å². The predicted molar refractivity (Wildman–Crippen MR) is 124 cm³/mol. The van der Waals surface area contributed by atoms with Gasteiger partial charge in [0, 0.05) is 17.1 Å². The van der Waals surface area contributed by atoms with Crippen molar-refractivity contribution in [3.05, 3.63) is 65.7 Å². The second-order valence-electron chi connectivity index (χ2n) is 6.82. The summed E-state index contributed by atoms with van der Waals surface area (Å²) < 4.78 is 12.5. The van der Waals surface area contributed by atoms with Crippen molar-refractivity contribution in [3.63, 3.8) is 0 Å². The van der Waals surface area contributed by atoms with Crippen LogP contribution in [0.25, 0.3) is 11.4 Å². The number of benzene rings is 2. The maximum absolute atomic E-state index is 12.5. The highest BCUT2D eigenvalue weighted by atomic mass is 35.5. The fraction of sp³-hybridized carbons (Fsp3) is 0.182. The van der Waals surface area contributed by atoms with Crippen molar-refractivity contribution < 1.29 is 14.3 Å². The van der Waals surface area contributed by atoms with Crippen LogP contribution in [0.4, 0.5) is 0 Å². The first-order chi connectivity index (χ1) is 15.5. The molecular weight excluding hydrogens is 450 g/mol. The van der Waals surface area contributed by atoms with Gasteiger partial charge in [-0.15, -0.1) is 16.8 Å². The second-order valence-corrected chi connectivity index (χ2v) is 8.56. The molecule has 1 aliphatic heterocycles. The van der Waals surface area contributed by atoms with Crippen molar-refractivity contribution in [1.29, 1.82) is 0 Å². The Kier molecular flexibility index (Phi) is 6.77. The third-order valence-electron chi connectivity index (χ3n) is 4.57. The number of ether oxygens (including phenoxy) is 2. The number of halogens is 1. The molecule has 0 saturated heterocycles. The molecule has 1 N–H and O–H groups in total. The van der Waals surface area contributed by atoms with Crippen LogP contribution in [0.15, 0.2) is 65.4 Å². The molecule has 3 aromatic rings. The number of fused-ring (bicyclic) bond motifs is 1. The summed E-state index contributed by atoms with van der Waals surface area (Å²) in [5, 5.41) is 13.4. The Morgan fingerprint density at radius 2 is 2.06 bits per heavy atom. The molecule has 8 nitrogen and oxygen atoms in total. The fourth-order valence-electron chi connectivity index (χ4n) is 2.95. The molecule has 4 rings (SSSR count). The molecule has 164 valence electrons. The van der Waals surface area contributed by atoms with E-state index in [4.69, 9.17) is 21.1 Å². The fourth-order valence-corrected chi connectivity index (χ4v) is 3.93. The summed E-state index contributed by atoms with van der Waals surface area (Å²) in [5.74, 6) is 1.77. The first kappa shape index (κ1) is 21.9. The minimum atomic E-state index is -0.449. The van der Waals surface area contributed by atoms with E-state index in [1.165, 1.54) is 11.8 Å². The molecule has 0 radical (unpaired) electrons. The van der Waals surface area contributed by atoms with Crippen LogP contribution in [0, 0.1) is 0 Å². The highest BCUT2D eigenvalue weighted by molar-refractivity contribution is 8.00. The van der Waals surface area contributed by atoms with Crippen LogP contribution < -0.4 is 14.9 Å². The first-order valence-corrected chi connectivity index (χ1v) is 11.0. The molecule has 1 unspecified atom stereocenters. The molecule has 1 aromatic heterocycles. The van der Waals surface area contributed by atoms with E-state index in [1.807, 2.05) is 22.8 Å². The van der Waals surface area contributed by atoms with Gasteiger partial charge < -0.3 is 9.47 Å². The minimum Gasteiger partial charge on any atom is -0.454 e. The van der Waals surface area contributed by atoms with E-state index >= 15 is 0 Å². The van der Waals surface area contributed by atoms with E-state index in [1.54, 1.807) is 43.5 Å². The Bertz CT molecular complexity index is 1160. The normalized spacial score (nSPS) is 13.3. The molecule has 1 aliphatic rings.